The molecule has 36 heavy (non-hydrogen) atoms. The van der Waals surface area contributed by atoms with Gasteiger partial charge in [0.15, 0.2) is 0 Å². The van der Waals surface area contributed by atoms with Crippen LogP contribution in [0.1, 0.15) is 36.7 Å². The van der Waals surface area contributed by atoms with Crippen LogP contribution in [0.4, 0.5) is 11.4 Å². The van der Waals surface area contributed by atoms with Gasteiger partial charge in [-0.2, -0.15) is 0 Å². The normalized spacial score (nSPS) is 10.7. The summed E-state index contributed by atoms with van der Waals surface area (Å²) in [7, 11) is 0. The highest BCUT2D eigenvalue weighted by Crippen LogP contribution is 2.37. The van der Waals surface area contributed by atoms with E-state index in [4.69, 9.17) is 14.2 Å². The topological polar surface area (TPSA) is 85.9 Å². The Morgan fingerprint density at radius 3 is 1.97 bits per heavy atom. The van der Waals surface area contributed by atoms with E-state index in [1.807, 2.05) is 45.0 Å². The zero-order chi connectivity index (χ0) is 25.9. The van der Waals surface area contributed by atoms with Crippen LogP contribution < -0.4 is 24.8 Å². The molecule has 0 aliphatic carbocycles. The second-order valence-corrected chi connectivity index (χ2v) is 8.38. The second kappa shape index (κ2) is 13.3. The standard InChI is InChI=1S/C28H29BrN2O5/c1-4-34-24-14-13-21(29)16-20(24)12-15-27(32)30-22-17-26(36-6-3)23(18-25(22)35-5-2)31-28(33)19-10-8-7-9-11-19/h7-18H,4-6H2,1-3H3,(H,30,32)(H,31,33)/b15-12+. The molecule has 0 unspecified atom stereocenters. The maximum Gasteiger partial charge on any atom is 0.255 e. The predicted octanol–water partition coefficient (Wildman–Crippen LogP) is 6.55. The zero-order valence-corrected chi connectivity index (χ0v) is 22.1. The van der Waals surface area contributed by atoms with E-state index in [-0.39, 0.29) is 11.8 Å². The molecule has 0 fully saturated rings. The summed E-state index contributed by atoms with van der Waals surface area (Å²) in [5, 5.41) is 5.72. The van der Waals surface area contributed by atoms with Crippen molar-refractivity contribution in [2.75, 3.05) is 30.5 Å². The van der Waals surface area contributed by atoms with Crippen molar-refractivity contribution in [3.63, 3.8) is 0 Å². The van der Waals surface area contributed by atoms with Gasteiger partial charge >= 0.3 is 0 Å². The molecule has 0 bridgehead atoms. The summed E-state index contributed by atoms with van der Waals surface area (Å²) >= 11 is 3.45. The molecule has 0 aliphatic rings. The minimum atomic E-state index is -0.359. The Balaban J connectivity index is 1.86. The molecule has 0 aliphatic heterocycles. The van der Waals surface area contributed by atoms with Gasteiger partial charge in [0.25, 0.3) is 5.91 Å². The summed E-state index contributed by atoms with van der Waals surface area (Å²) < 4.78 is 18.0. The summed E-state index contributed by atoms with van der Waals surface area (Å²) in [5.74, 6) is 0.857. The smallest absolute Gasteiger partial charge is 0.255 e. The van der Waals surface area contributed by atoms with E-state index < -0.39 is 0 Å². The minimum Gasteiger partial charge on any atom is -0.493 e. The van der Waals surface area contributed by atoms with Crippen molar-refractivity contribution in [3.8, 4) is 17.2 Å². The Morgan fingerprint density at radius 2 is 1.36 bits per heavy atom. The van der Waals surface area contributed by atoms with Crippen molar-refractivity contribution >= 4 is 45.2 Å². The van der Waals surface area contributed by atoms with Crippen LogP contribution in [-0.2, 0) is 4.79 Å². The lowest BCUT2D eigenvalue weighted by atomic mass is 10.1. The molecule has 0 spiro atoms. The van der Waals surface area contributed by atoms with E-state index >= 15 is 0 Å². The summed E-state index contributed by atoms with van der Waals surface area (Å²) in [6, 6.07) is 17.8. The monoisotopic (exact) mass is 552 g/mol. The fraction of sp³-hybridized carbons (Fsp3) is 0.214. The van der Waals surface area contributed by atoms with Crippen LogP contribution in [0.15, 0.2) is 71.2 Å². The fourth-order valence-corrected chi connectivity index (χ4v) is 3.74. The maximum absolute atomic E-state index is 12.8. The number of ether oxygens (including phenoxy) is 3. The Labute approximate surface area is 219 Å². The maximum atomic E-state index is 12.8. The molecule has 2 amide bonds. The molecule has 2 N–H and O–H groups in total. The molecule has 188 valence electrons. The van der Waals surface area contributed by atoms with Gasteiger partial charge in [0.05, 0.1) is 31.2 Å². The summed E-state index contributed by atoms with van der Waals surface area (Å²) in [6.45, 7) is 6.84. The molecule has 0 radical (unpaired) electrons. The number of carbonyl (C=O) groups excluding carboxylic acids is 2. The third kappa shape index (κ3) is 7.36. The van der Waals surface area contributed by atoms with Crippen molar-refractivity contribution < 1.29 is 23.8 Å². The SMILES string of the molecule is CCOc1ccc(Br)cc1/C=C/C(=O)Nc1cc(OCC)c(NC(=O)c2ccccc2)cc1OCC. The van der Waals surface area contributed by atoms with Crippen molar-refractivity contribution in [2.45, 2.75) is 20.8 Å². The van der Waals surface area contributed by atoms with E-state index in [9.17, 15) is 9.59 Å². The van der Waals surface area contributed by atoms with Crippen molar-refractivity contribution in [3.05, 3.63) is 82.3 Å². The average Bonchev–Trinajstić information content (AvgIpc) is 2.87. The van der Waals surface area contributed by atoms with Crippen LogP contribution in [0, 0.1) is 0 Å². The molecular formula is C28H29BrN2O5. The second-order valence-electron chi connectivity index (χ2n) is 7.47. The Kier molecular flexibility index (Phi) is 9.94. The van der Waals surface area contributed by atoms with E-state index in [2.05, 4.69) is 26.6 Å². The summed E-state index contributed by atoms with van der Waals surface area (Å²) in [4.78, 5) is 25.5. The van der Waals surface area contributed by atoms with Crippen molar-refractivity contribution in [2.24, 2.45) is 0 Å². The lowest BCUT2D eigenvalue weighted by molar-refractivity contribution is -0.111. The number of halogens is 1. The first-order valence-electron chi connectivity index (χ1n) is 11.7. The molecule has 0 aromatic heterocycles. The number of benzene rings is 3. The van der Waals surface area contributed by atoms with E-state index in [1.54, 1.807) is 42.5 Å². The first kappa shape index (κ1) is 26.8. The molecule has 0 saturated carbocycles. The van der Waals surface area contributed by atoms with Crippen LogP contribution >= 0.6 is 15.9 Å². The molecule has 7 nitrogen and oxygen atoms in total. The predicted molar refractivity (Wildman–Crippen MR) is 146 cm³/mol. The van der Waals surface area contributed by atoms with Gasteiger partial charge in [-0.05, 0) is 57.2 Å². The van der Waals surface area contributed by atoms with Gasteiger partial charge in [-0.25, -0.2) is 0 Å². The summed E-state index contributed by atoms with van der Waals surface area (Å²) in [5.41, 5.74) is 2.14. The van der Waals surface area contributed by atoms with Crippen molar-refractivity contribution in [1.82, 2.24) is 0 Å². The fourth-order valence-electron chi connectivity index (χ4n) is 3.37. The van der Waals surface area contributed by atoms with Crippen LogP contribution in [0.2, 0.25) is 0 Å². The number of hydrogen-bond donors (Lipinski definition) is 2. The highest BCUT2D eigenvalue weighted by molar-refractivity contribution is 9.10. The molecule has 3 aromatic carbocycles. The van der Waals surface area contributed by atoms with Gasteiger partial charge < -0.3 is 24.8 Å². The first-order chi connectivity index (χ1) is 17.4. The molecule has 0 heterocycles. The number of rotatable bonds is 11. The Morgan fingerprint density at radius 1 is 0.778 bits per heavy atom. The van der Waals surface area contributed by atoms with Crippen LogP contribution in [-0.4, -0.2) is 31.6 Å². The third-order valence-electron chi connectivity index (χ3n) is 4.91. The molecular weight excluding hydrogens is 524 g/mol. The Hall–Kier alpha value is -3.78. The first-order valence-corrected chi connectivity index (χ1v) is 12.5. The Bertz CT molecular complexity index is 1230. The number of amides is 2. The number of anilines is 2. The van der Waals surface area contributed by atoms with Gasteiger partial charge in [0.2, 0.25) is 5.91 Å². The van der Waals surface area contributed by atoms with Gasteiger partial charge in [-0.15, -0.1) is 0 Å². The third-order valence-corrected chi connectivity index (χ3v) is 5.40. The highest BCUT2D eigenvalue weighted by Gasteiger charge is 2.16. The lowest BCUT2D eigenvalue weighted by Gasteiger charge is -2.17. The van der Waals surface area contributed by atoms with E-state index in [0.29, 0.717) is 54.0 Å². The quantitative estimate of drug-likeness (QED) is 0.263. The largest absolute Gasteiger partial charge is 0.493 e. The van der Waals surface area contributed by atoms with E-state index in [0.717, 1.165) is 10.0 Å². The highest BCUT2D eigenvalue weighted by atomic mass is 79.9. The van der Waals surface area contributed by atoms with Crippen LogP contribution in [0.25, 0.3) is 6.08 Å². The molecule has 3 aromatic rings. The number of carbonyl (C=O) groups is 2. The molecule has 0 atom stereocenters. The van der Waals surface area contributed by atoms with Crippen molar-refractivity contribution in [1.29, 1.82) is 0 Å². The van der Waals surface area contributed by atoms with E-state index in [1.165, 1.54) is 6.08 Å². The number of hydrogen-bond acceptors (Lipinski definition) is 5. The molecule has 8 heteroatoms. The summed E-state index contributed by atoms with van der Waals surface area (Å²) in [6.07, 6.45) is 3.11. The van der Waals surface area contributed by atoms with Crippen LogP contribution in [0.5, 0.6) is 17.2 Å². The average molecular weight is 553 g/mol. The van der Waals surface area contributed by atoms with Gasteiger partial charge in [-0.3, -0.25) is 9.59 Å². The van der Waals surface area contributed by atoms with Gasteiger partial charge in [0, 0.05) is 33.8 Å². The molecule has 3 rings (SSSR count). The lowest BCUT2D eigenvalue weighted by Crippen LogP contribution is -2.14. The van der Waals surface area contributed by atoms with Gasteiger partial charge in [0.1, 0.15) is 17.2 Å². The zero-order valence-electron chi connectivity index (χ0n) is 20.5. The minimum absolute atomic E-state index is 0.280. The van der Waals surface area contributed by atoms with Gasteiger partial charge in [-0.1, -0.05) is 34.1 Å². The number of nitrogens with one attached hydrogen (secondary N) is 2. The van der Waals surface area contributed by atoms with Crippen LogP contribution in [0.3, 0.4) is 0 Å². The molecule has 0 saturated heterocycles.